The Labute approximate surface area is 214 Å². The number of rotatable bonds is 10. The van der Waals surface area contributed by atoms with Gasteiger partial charge in [0.05, 0.1) is 4.47 Å². The Balaban J connectivity index is 2.15. The molecule has 2 aromatic rings. The highest BCUT2D eigenvalue weighted by atomic mass is 79.9. The zero-order chi connectivity index (χ0) is 24.6. The first-order valence-corrected chi connectivity index (χ1v) is 12.9. The second kappa shape index (κ2) is 12.6. The number of ether oxygens (including phenoxy) is 1. The lowest BCUT2D eigenvalue weighted by Gasteiger charge is -2.29. The Morgan fingerprint density at radius 1 is 1.09 bits per heavy atom. The summed E-state index contributed by atoms with van der Waals surface area (Å²) in [5.74, 6) is 0.187. The number of hydrogen-bond acceptors (Lipinski definition) is 3. The molecule has 0 unspecified atom stereocenters. The van der Waals surface area contributed by atoms with E-state index in [-0.39, 0.29) is 23.8 Å². The van der Waals surface area contributed by atoms with Crippen LogP contribution in [0.15, 0.2) is 51.4 Å². The van der Waals surface area contributed by atoms with Crippen LogP contribution in [0.5, 0.6) is 5.75 Å². The summed E-state index contributed by atoms with van der Waals surface area (Å²) in [5, 5.41) is 2.93. The lowest BCUT2D eigenvalue weighted by molar-refractivity contribution is -0.142. The highest BCUT2D eigenvalue weighted by Gasteiger charge is 2.26. The van der Waals surface area contributed by atoms with Crippen molar-refractivity contribution in [2.24, 2.45) is 0 Å². The average molecular weight is 582 g/mol. The van der Waals surface area contributed by atoms with E-state index >= 15 is 0 Å². The fourth-order valence-electron chi connectivity index (χ4n) is 3.21. The van der Waals surface area contributed by atoms with Crippen molar-refractivity contribution in [3.8, 4) is 5.75 Å². The largest absolute Gasteiger partial charge is 0.483 e. The van der Waals surface area contributed by atoms with Crippen molar-refractivity contribution in [3.05, 3.63) is 62.5 Å². The quantitative estimate of drug-likeness (QED) is 0.339. The van der Waals surface area contributed by atoms with E-state index in [0.717, 1.165) is 27.4 Å². The van der Waals surface area contributed by atoms with Crippen LogP contribution >= 0.6 is 31.9 Å². The van der Waals surface area contributed by atoms with Gasteiger partial charge >= 0.3 is 0 Å². The van der Waals surface area contributed by atoms with Crippen molar-refractivity contribution in [1.82, 2.24) is 10.2 Å². The number of unbranched alkanes of at least 4 members (excludes halogenated alkanes) is 1. The van der Waals surface area contributed by atoms with Gasteiger partial charge in [-0.15, -0.1) is 0 Å². The summed E-state index contributed by atoms with van der Waals surface area (Å²) >= 11 is 6.99. The normalized spacial score (nSPS) is 12.2. The summed E-state index contributed by atoms with van der Waals surface area (Å²) in [6.45, 7) is 11.0. The van der Waals surface area contributed by atoms with E-state index in [1.807, 2.05) is 42.5 Å². The third-order valence-electron chi connectivity index (χ3n) is 5.41. The maximum absolute atomic E-state index is 13.2. The van der Waals surface area contributed by atoms with Gasteiger partial charge in [0, 0.05) is 17.6 Å². The number of halogens is 2. The van der Waals surface area contributed by atoms with Crippen LogP contribution < -0.4 is 10.1 Å². The Morgan fingerprint density at radius 2 is 1.76 bits per heavy atom. The molecule has 0 heterocycles. The van der Waals surface area contributed by atoms with E-state index in [0.29, 0.717) is 18.8 Å². The summed E-state index contributed by atoms with van der Waals surface area (Å²) in [4.78, 5) is 27.5. The van der Waals surface area contributed by atoms with E-state index in [4.69, 9.17) is 4.74 Å². The minimum absolute atomic E-state index is 0.0128. The molecule has 0 aliphatic rings. The third-order valence-corrected chi connectivity index (χ3v) is 6.56. The van der Waals surface area contributed by atoms with E-state index in [9.17, 15) is 9.59 Å². The maximum atomic E-state index is 13.2. The fourth-order valence-corrected chi connectivity index (χ4v) is 3.97. The lowest BCUT2D eigenvalue weighted by atomic mass is 9.87. The Hall–Kier alpha value is -1.86. The van der Waals surface area contributed by atoms with Crippen LogP contribution in [0.1, 0.15) is 58.6 Å². The minimum atomic E-state index is -0.617. The number of carbonyl (C=O) groups excluding carboxylic acids is 2. The summed E-state index contributed by atoms with van der Waals surface area (Å²) in [7, 11) is 0. The zero-order valence-corrected chi connectivity index (χ0v) is 23.3. The van der Waals surface area contributed by atoms with Crippen LogP contribution in [-0.4, -0.2) is 35.9 Å². The molecular weight excluding hydrogens is 548 g/mol. The molecule has 2 amide bonds. The smallest absolute Gasteiger partial charge is 0.261 e. The van der Waals surface area contributed by atoms with Gasteiger partial charge in [-0.2, -0.15) is 0 Å². The summed E-state index contributed by atoms with van der Waals surface area (Å²) in [5.41, 5.74) is 2.12. The second-order valence-corrected chi connectivity index (χ2v) is 10.9. The van der Waals surface area contributed by atoms with Crippen LogP contribution in [0.25, 0.3) is 0 Å². The van der Waals surface area contributed by atoms with Gasteiger partial charge in [-0.1, -0.05) is 68.2 Å². The lowest BCUT2D eigenvalue weighted by Crippen LogP contribution is -2.49. The molecule has 0 bridgehead atoms. The first-order chi connectivity index (χ1) is 15.5. The van der Waals surface area contributed by atoms with Gasteiger partial charge in [-0.3, -0.25) is 9.59 Å². The standard InChI is InChI=1S/C26H34Br2N2O3/c1-6-7-14-29-25(32)18(2)30(16-19-8-11-21(27)12-9-19)24(31)17-33-23-13-10-20(15-22(23)28)26(3,4)5/h8-13,15,18H,6-7,14,16-17H2,1-5H3,(H,29,32)/t18-/m1/s1. The summed E-state index contributed by atoms with van der Waals surface area (Å²) in [6, 6.07) is 13.0. The summed E-state index contributed by atoms with van der Waals surface area (Å²) < 4.78 is 7.61. The molecule has 0 radical (unpaired) electrons. The topological polar surface area (TPSA) is 58.6 Å². The van der Waals surface area contributed by atoms with Gasteiger partial charge in [0.1, 0.15) is 11.8 Å². The minimum Gasteiger partial charge on any atom is -0.483 e. The molecule has 0 aromatic heterocycles. The molecule has 2 aromatic carbocycles. The number of benzene rings is 2. The molecular formula is C26H34Br2N2O3. The van der Waals surface area contributed by atoms with Gasteiger partial charge in [0.15, 0.2) is 6.61 Å². The molecule has 0 saturated heterocycles. The van der Waals surface area contributed by atoms with Gasteiger partial charge in [0.2, 0.25) is 5.91 Å². The predicted octanol–water partition coefficient (Wildman–Crippen LogP) is 6.22. The Bertz CT molecular complexity index is 940. The van der Waals surface area contributed by atoms with Gasteiger partial charge in [0.25, 0.3) is 5.91 Å². The highest BCUT2D eigenvalue weighted by Crippen LogP contribution is 2.31. The van der Waals surface area contributed by atoms with Crippen molar-refractivity contribution in [1.29, 1.82) is 0 Å². The number of amides is 2. The van der Waals surface area contributed by atoms with Crippen molar-refractivity contribution >= 4 is 43.7 Å². The van der Waals surface area contributed by atoms with Crippen molar-refractivity contribution in [2.75, 3.05) is 13.2 Å². The Kier molecular flexibility index (Phi) is 10.4. The highest BCUT2D eigenvalue weighted by molar-refractivity contribution is 9.10. The van der Waals surface area contributed by atoms with Crippen LogP contribution in [0.2, 0.25) is 0 Å². The molecule has 5 nitrogen and oxygen atoms in total. The molecule has 1 N–H and O–H groups in total. The molecule has 0 aliphatic carbocycles. The number of nitrogens with one attached hydrogen (secondary N) is 1. The molecule has 0 fully saturated rings. The monoisotopic (exact) mass is 580 g/mol. The number of hydrogen-bond donors (Lipinski definition) is 1. The SMILES string of the molecule is CCCCNC(=O)[C@@H](C)N(Cc1ccc(Br)cc1)C(=O)COc1ccc(C(C)(C)C)cc1Br. The van der Waals surface area contributed by atoms with Crippen molar-refractivity contribution in [2.45, 2.75) is 65.5 Å². The molecule has 180 valence electrons. The molecule has 1 atom stereocenters. The molecule has 7 heteroatoms. The first-order valence-electron chi connectivity index (χ1n) is 11.3. The Morgan fingerprint density at radius 3 is 2.33 bits per heavy atom. The number of carbonyl (C=O) groups is 2. The molecule has 33 heavy (non-hydrogen) atoms. The fraction of sp³-hybridized carbons (Fsp3) is 0.462. The van der Waals surface area contributed by atoms with Crippen molar-refractivity contribution < 1.29 is 14.3 Å². The van der Waals surface area contributed by atoms with Gasteiger partial charge in [-0.25, -0.2) is 0 Å². The molecule has 0 aliphatic heterocycles. The van der Waals surface area contributed by atoms with Crippen LogP contribution in [0.3, 0.4) is 0 Å². The van der Waals surface area contributed by atoms with E-state index in [1.54, 1.807) is 11.8 Å². The summed E-state index contributed by atoms with van der Waals surface area (Å²) in [6.07, 6.45) is 1.90. The predicted molar refractivity (Wildman–Crippen MR) is 140 cm³/mol. The van der Waals surface area contributed by atoms with E-state index in [2.05, 4.69) is 64.9 Å². The second-order valence-electron chi connectivity index (χ2n) is 9.15. The van der Waals surface area contributed by atoms with E-state index in [1.165, 1.54) is 5.56 Å². The average Bonchev–Trinajstić information content (AvgIpc) is 2.76. The molecule has 0 spiro atoms. The van der Waals surface area contributed by atoms with Crippen LogP contribution in [0, 0.1) is 0 Å². The van der Waals surface area contributed by atoms with Gasteiger partial charge in [-0.05, 0) is 70.1 Å². The van der Waals surface area contributed by atoms with Gasteiger partial charge < -0.3 is 15.0 Å². The van der Waals surface area contributed by atoms with Crippen molar-refractivity contribution in [3.63, 3.8) is 0 Å². The molecule has 0 saturated carbocycles. The maximum Gasteiger partial charge on any atom is 0.261 e. The third kappa shape index (κ3) is 8.45. The first kappa shape index (κ1) is 27.4. The number of nitrogens with zero attached hydrogens (tertiary/aromatic N) is 1. The zero-order valence-electron chi connectivity index (χ0n) is 20.1. The van der Waals surface area contributed by atoms with Crippen LogP contribution in [-0.2, 0) is 21.5 Å². The van der Waals surface area contributed by atoms with Crippen LogP contribution in [0.4, 0.5) is 0 Å². The molecule has 2 rings (SSSR count). The van der Waals surface area contributed by atoms with E-state index < -0.39 is 6.04 Å².